The second-order valence-corrected chi connectivity index (χ2v) is 5.49. The molecule has 2 rings (SSSR count). The van der Waals surface area contributed by atoms with E-state index < -0.39 is 0 Å². The van der Waals surface area contributed by atoms with Gasteiger partial charge >= 0.3 is 0 Å². The summed E-state index contributed by atoms with van der Waals surface area (Å²) < 4.78 is 0. The van der Waals surface area contributed by atoms with Gasteiger partial charge in [-0.2, -0.15) is 0 Å². The summed E-state index contributed by atoms with van der Waals surface area (Å²) >= 11 is 0. The second-order valence-electron chi connectivity index (χ2n) is 5.49. The zero-order chi connectivity index (χ0) is 13.5. The molecule has 0 aliphatic carbocycles. The third-order valence-corrected chi connectivity index (χ3v) is 3.89. The molecule has 0 amide bonds. The quantitative estimate of drug-likeness (QED) is 0.647. The van der Waals surface area contributed by atoms with E-state index >= 15 is 0 Å². The van der Waals surface area contributed by atoms with Crippen molar-refractivity contribution in [2.24, 2.45) is 5.92 Å². The van der Waals surface area contributed by atoms with Crippen LogP contribution in [0, 0.1) is 5.92 Å². The largest absolute Gasteiger partial charge is 0.256 e. The molecule has 0 bridgehead atoms. The van der Waals surface area contributed by atoms with E-state index in [9.17, 15) is 0 Å². The van der Waals surface area contributed by atoms with Gasteiger partial charge in [-0.25, -0.2) is 0 Å². The second kappa shape index (κ2) is 7.28. The molecule has 102 valence electrons. The zero-order valence-corrected chi connectivity index (χ0v) is 12.2. The van der Waals surface area contributed by atoms with Crippen molar-refractivity contribution >= 4 is 10.9 Å². The maximum absolute atomic E-state index is 4.57. The van der Waals surface area contributed by atoms with Gasteiger partial charge in [-0.05, 0) is 24.0 Å². The molecule has 0 saturated carbocycles. The average molecular weight is 255 g/mol. The van der Waals surface area contributed by atoms with E-state index in [-0.39, 0.29) is 0 Å². The van der Waals surface area contributed by atoms with Gasteiger partial charge in [0.05, 0.1) is 5.52 Å². The summed E-state index contributed by atoms with van der Waals surface area (Å²) in [5.41, 5.74) is 2.62. The molecule has 0 fully saturated rings. The van der Waals surface area contributed by atoms with Gasteiger partial charge in [-0.15, -0.1) is 0 Å². The van der Waals surface area contributed by atoms with Crippen LogP contribution in [-0.4, -0.2) is 4.98 Å². The number of hydrogen-bond acceptors (Lipinski definition) is 1. The van der Waals surface area contributed by atoms with Gasteiger partial charge in [0.2, 0.25) is 0 Å². The van der Waals surface area contributed by atoms with E-state index in [1.807, 2.05) is 12.3 Å². The summed E-state index contributed by atoms with van der Waals surface area (Å²) in [6.07, 6.45) is 9.72. The van der Waals surface area contributed by atoms with E-state index in [4.69, 9.17) is 0 Å². The van der Waals surface area contributed by atoms with Gasteiger partial charge in [0.25, 0.3) is 0 Å². The van der Waals surface area contributed by atoms with Gasteiger partial charge in [0, 0.05) is 11.6 Å². The number of hydrogen-bond donors (Lipinski definition) is 0. The molecular formula is C18H25N. The number of unbranched alkanes of at least 4 members (excludes halogenated alkanes) is 1. The molecule has 1 aromatic heterocycles. The van der Waals surface area contributed by atoms with Gasteiger partial charge in [-0.1, -0.05) is 70.2 Å². The minimum atomic E-state index is 0.817. The molecule has 1 heterocycles. The summed E-state index contributed by atoms with van der Waals surface area (Å²) in [6, 6.07) is 10.8. The maximum Gasteiger partial charge on any atom is 0.0733 e. The summed E-state index contributed by atoms with van der Waals surface area (Å²) in [6.45, 7) is 4.57. The van der Waals surface area contributed by atoms with Crippen LogP contribution in [0.15, 0.2) is 36.5 Å². The van der Waals surface area contributed by atoms with Crippen LogP contribution in [0.2, 0.25) is 0 Å². The Balaban J connectivity index is 2.18. The van der Waals surface area contributed by atoms with Crippen molar-refractivity contribution in [2.75, 3.05) is 0 Å². The molecule has 0 saturated heterocycles. The lowest BCUT2D eigenvalue weighted by atomic mass is 9.89. The Morgan fingerprint density at radius 3 is 2.63 bits per heavy atom. The fourth-order valence-electron chi connectivity index (χ4n) is 2.89. The predicted octanol–water partition coefficient (Wildman–Crippen LogP) is 5.38. The molecule has 1 heteroatoms. The molecule has 1 aromatic carbocycles. The van der Waals surface area contributed by atoms with Crippen LogP contribution >= 0.6 is 0 Å². The van der Waals surface area contributed by atoms with Gasteiger partial charge in [0.15, 0.2) is 0 Å². The fourth-order valence-corrected chi connectivity index (χ4v) is 2.89. The van der Waals surface area contributed by atoms with Crippen LogP contribution in [0.5, 0.6) is 0 Å². The van der Waals surface area contributed by atoms with E-state index in [1.54, 1.807) is 0 Å². The molecule has 1 nitrogen and oxygen atoms in total. The Morgan fingerprint density at radius 1 is 1.00 bits per heavy atom. The van der Waals surface area contributed by atoms with Crippen LogP contribution in [0.4, 0.5) is 0 Å². The molecule has 1 atom stereocenters. The highest BCUT2D eigenvalue weighted by atomic mass is 14.6. The lowest BCUT2D eigenvalue weighted by Gasteiger charge is -2.16. The lowest BCUT2D eigenvalue weighted by molar-refractivity contribution is 0.428. The highest BCUT2D eigenvalue weighted by molar-refractivity contribution is 5.81. The summed E-state index contributed by atoms with van der Waals surface area (Å²) in [4.78, 5) is 4.57. The topological polar surface area (TPSA) is 12.9 Å². The number of rotatable bonds is 7. The minimum Gasteiger partial charge on any atom is -0.256 e. The van der Waals surface area contributed by atoms with Crippen molar-refractivity contribution in [3.63, 3.8) is 0 Å². The van der Waals surface area contributed by atoms with Gasteiger partial charge < -0.3 is 0 Å². The minimum absolute atomic E-state index is 0.817. The third-order valence-electron chi connectivity index (χ3n) is 3.89. The zero-order valence-electron chi connectivity index (χ0n) is 12.2. The smallest absolute Gasteiger partial charge is 0.0733 e. The first-order chi connectivity index (χ1) is 9.35. The van der Waals surface area contributed by atoms with Crippen LogP contribution in [-0.2, 0) is 6.42 Å². The highest BCUT2D eigenvalue weighted by Gasteiger charge is 2.11. The van der Waals surface area contributed by atoms with E-state index in [2.05, 4.69) is 43.1 Å². The normalized spacial score (nSPS) is 12.7. The number of nitrogens with zero attached hydrogens (tertiary/aromatic N) is 1. The molecule has 19 heavy (non-hydrogen) atoms. The average Bonchev–Trinajstić information content (AvgIpc) is 2.45. The van der Waals surface area contributed by atoms with E-state index in [0.29, 0.717) is 0 Å². The first-order valence-electron chi connectivity index (χ1n) is 7.67. The van der Waals surface area contributed by atoms with Crippen molar-refractivity contribution in [2.45, 2.75) is 52.4 Å². The third kappa shape index (κ3) is 3.79. The van der Waals surface area contributed by atoms with Crippen molar-refractivity contribution < 1.29 is 0 Å². The Hall–Kier alpha value is -1.37. The molecule has 0 radical (unpaired) electrons. The van der Waals surface area contributed by atoms with Crippen LogP contribution < -0.4 is 0 Å². The van der Waals surface area contributed by atoms with Gasteiger partial charge in [0.1, 0.15) is 0 Å². The van der Waals surface area contributed by atoms with Crippen molar-refractivity contribution in [1.82, 2.24) is 4.98 Å². The number of fused-ring (bicyclic) bond motifs is 1. The van der Waals surface area contributed by atoms with Crippen LogP contribution in [0.1, 0.15) is 51.5 Å². The van der Waals surface area contributed by atoms with Gasteiger partial charge in [-0.3, -0.25) is 4.98 Å². The Bertz CT molecular complexity index is 499. The molecule has 1 unspecified atom stereocenters. The molecular weight excluding hydrogens is 230 g/mol. The lowest BCUT2D eigenvalue weighted by Crippen LogP contribution is -2.05. The molecule has 2 aromatic rings. The van der Waals surface area contributed by atoms with Crippen molar-refractivity contribution in [1.29, 1.82) is 0 Å². The summed E-state index contributed by atoms with van der Waals surface area (Å²) in [5, 5.41) is 1.27. The monoisotopic (exact) mass is 255 g/mol. The molecule has 0 aliphatic heterocycles. The standard InChI is InChI=1S/C18H25N/c1-3-5-9-15(8-4-2)14-17-11-6-10-16-12-7-13-19-18(16)17/h6-7,10-13,15H,3-5,8-9,14H2,1-2H3. The number of pyridine rings is 1. The Morgan fingerprint density at radius 2 is 1.84 bits per heavy atom. The van der Waals surface area contributed by atoms with Crippen molar-refractivity contribution in [3.8, 4) is 0 Å². The predicted molar refractivity (Wildman–Crippen MR) is 83.4 cm³/mol. The molecule has 0 spiro atoms. The SMILES string of the molecule is CCCCC(CCC)Cc1cccc2cccnc12. The van der Waals surface area contributed by atoms with Crippen LogP contribution in [0.25, 0.3) is 10.9 Å². The Labute approximate surface area is 117 Å². The first-order valence-corrected chi connectivity index (χ1v) is 7.67. The Kier molecular flexibility index (Phi) is 5.38. The maximum atomic E-state index is 4.57. The number of benzene rings is 1. The fraction of sp³-hybridized carbons (Fsp3) is 0.500. The number of para-hydroxylation sites is 1. The van der Waals surface area contributed by atoms with Crippen LogP contribution in [0.3, 0.4) is 0 Å². The summed E-state index contributed by atoms with van der Waals surface area (Å²) in [5.74, 6) is 0.817. The van der Waals surface area contributed by atoms with E-state index in [1.165, 1.54) is 55.0 Å². The molecule has 0 aliphatic rings. The number of aromatic nitrogens is 1. The highest BCUT2D eigenvalue weighted by Crippen LogP contribution is 2.24. The van der Waals surface area contributed by atoms with E-state index in [0.717, 1.165) is 5.92 Å². The summed E-state index contributed by atoms with van der Waals surface area (Å²) in [7, 11) is 0. The van der Waals surface area contributed by atoms with Crippen molar-refractivity contribution in [3.05, 3.63) is 42.1 Å². The molecule has 0 N–H and O–H groups in total. The first kappa shape index (κ1) is 14.0.